The second-order valence-corrected chi connectivity index (χ2v) is 13.0. The lowest BCUT2D eigenvalue weighted by atomic mass is 9.50. The normalized spacial score (nSPS) is 43.7. The van der Waals surface area contributed by atoms with E-state index in [1.54, 1.807) is 0 Å². The molecule has 4 aliphatic rings. The van der Waals surface area contributed by atoms with E-state index in [0.717, 1.165) is 34.6 Å². The molecule has 4 fully saturated rings. The quantitative estimate of drug-likeness (QED) is 0.146. The Hall–Kier alpha value is -3.23. The molecule has 2 saturated heterocycles. The molecule has 14 nitrogen and oxygen atoms in total. The summed E-state index contributed by atoms with van der Waals surface area (Å²) in [7, 11) is 0. The van der Waals surface area contributed by atoms with Crippen molar-refractivity contribution in [3.8, 4) is 0 Å². The molecule has 13 unspecified atom stereocenters. The van der Waals surface area contributed by atoms with Crippen LogP contribution in [0.3, 0.4) is 0 Å². The topological polar surface area (TPSA) is 191 Å². The third-order valence-corrected chi connectivity index (χ3v) is 10.1. The zero-order chi connectivity index (χ0) is 34.0. The van der Waals surface area contributed by atoms with Crippen molar-refractivity contribution in [2.45, 2.75) is 121 Å². The number of carbonyl (C=O) groups is 6. The Bertz CT molecular complexity index is 1320. The molecule has 0 aromatic carbocycles. The molecular formula is C30H39ClO14. The number of alkyl halides is 1. The van der Waals surface area contributed by atoms with Gasteiger partial charge in [0.2, 0.25) is 0 Å². The minimum absolute atomic E-state index is 0.174. The first kappa shape index (κ1) is 34.6. The van der Waals surface area contributed by atoms with Crippen LogP contribution in [0.25, 0.3) is 0 Å². The highest BCUT2D eigenvalue weighted by atomic mass is 35.5. The summed E-state index contributed by atoms with van der Waals surface area (Å²) in [5.41, 5.74) is -6.06. The van der Waals surface area contributed by atoms with Crippen molar-refractivity contribution in [2.24, 2.45) is 17.3 Å². The Kier molecular flexibility index (Phi) is 9.12. The Morgan fingerprint density at radius 3 is 1.89 bits per heavy atom. The van der Waals surface area contributed by atoms with Crippen LogP contribution in [-0.2, 0) is 61.9 Å². The van der Waals surface area contributed by atoms with E-state index in [1.807, 2.05) is 0 Å². The molecule has 0 radical (unpaired) electrons. The van der Waals surface area contributed by atoms with Crippen molar-refractivity contribution in [3.05, 3.63) is 12.2 Å². The molecule has 2 aliphatic heterocycles. The van der Waals surface area contributed by atoms with Crippen LogP contribution in [0.4, 0.5) is 0 Å². The van der Waals surface area contributed by atoms with Gasteiger partial charge in [-0.25, -0.2) is 0 Å². The number of fused-ring (bicyclic) bond motifs is 3. The maximum absolute atomic E-state index is 13.2. The predicted molar refractivity (Wildman–Crippen MR) is 150 cm³/mol. The van der Waals surface area contributed by atoms with E-state index in [-0.39, 0.29) is 12.0 Å². The molecule has 0 bridgehead atoms. The molecule has 2 aliphatic carbocycles. The molecule has 0 aromatic heterocycles. The maximum Gasteiger partial charge on any atom is 0.312 e. The Morgan fingerprint density at radius 2 is 1.38 bits per heavy atom. The van der Waals surface area contributed by atoms with E-state index >= 15 is 0 Å². The Labute approximate surface area is 264 Å². The summed E-state index contributed by atoms with van der Waals surface area (Å²) in [4.78, 5) is 76.6. The van der Waals surface area contributed by atoms with Gasteiger partial charge in [0.25, 0.3) is 0 Å². The number of esters is 6. The van der Waals surface area contributed by atoms with Crippen LogP contribution in [0.1, 0.15) is 61.8 Å². The highest BCUT2D eigenvalue weighted by Crippen LogP contribution is 2.62. The van der Waals surface area contributed by atoms with Crippen molar-refractivity contribution in [3.63, 3.8) is 0 Å². The first-order chi connectivity index (χ1) is 20.7. The fourth-order valence-corrected chi connectivity index (χ4v) is 8.04. The van der Waals surface area contributed by atoms with Crippen LogP contribution in [0.2, 0.25) is 0 Å². The largest absolute Gasteiger partial charge is 0.462 e. The highest BCUT2D eigenvalue weighted by Gasteiger charge is 2.77. The lowest BCUT2D eigenvalue weighted by Gasteiger charge is -2.61. The summed E-state index contributed by atoms with van der Waals surface area (Å²) >= 11 is 6.84. The average Bonchev–Trinajstić information content (AvgIpc) is 3.65. The first-order valence-corrected chi connectivity index (χ1v) is 14.9. The molecule has 0 amide bonds. The molecule has 45 heavy (non-hydrogen) atoms. The average molecular weight is 659 g/mol. The van der Waals surface area contributed by atoms with Crippen LogP contribution in [-0.4, -0.2) is 100 Å². The molecule has 2 heterocycles. The van der Waals surface area contributed by atoms with Gasteiger partial charge in [0.05, 0.1) is 22.6 Å². The van der Waals surface area contributed by atoms with E-state index in [2.05, 4.69) is 6.58 Å². The second-order valence-electron chi connectivity index (χ2n) is 12.6. The monoisotopic (exact) mass is 658 g/mol. The van der Waals surface area contributed by atoms with Crippen LogP contribution >= 0.6 is 11.6 Å². The van der Waals surface area contributed by atoms with Gasteiger partial charge in [0.15, 0.2) is 17.3 Å². The van der Waals surface area contributed by atoms with Gasteiger partial charge in [-0.15, -0.1) is 11.6 Å². The van der Waals surface area contributed by atoms with E-state index in [0.29, 0.717) is 0 Å². The van der Waals surface area contributed by atoms with Crippen LogP contribution in [0, 0.1) is 17.3 Å². The number of carbonyl (C=O) groups excluding carboxylic acids is 6. The van der Waals surface area contributed by atoms with Gasteiger partial charge < -0.3 is 38.3 Å². The molecule has 4 rings (SSSR count). The van der Waals surface area contributed by atoms with Crippen molar-refractivity contribution in [1.29, 1.82) is 0 Å². The molecule has 13 atom stereocenters. The van der Waals surface area contributed by atoms with E-state index in [9.17, 15) is 33.9 Å². The van der Waals surface area contributed by atoms with Crippen molar-refractivity contribution < 1.29 is 67.0 Å². The number of hydrogen-bond acceptors (Lipinski definition) is 14. The molecule has 250 valence electrons. The Morgan fingerprint density at radius 1 is 0.867 bits per heavy atom. The number of ether oxygens (including phenoxy) is 7. The highest BCUT2D eigenvalue weighted by molar-refractivity contribution is 6.23. The summed E-state index contributed by atoms with van der Waals surface area (Å²) in [5.74, 6) is -7.99. The van der Waals surface area contributed by atoms with Gasteiger partial charge in [0.1, 0.15) is 36.6 Å². The zero-order valence-corrected chi connectivity index (χ0v) is 27.1. The van der Waals surface area contributed by atoms with Gasteiger partial charge in [-0.05, 0) is 19.4 Å². The van der Waals surface area contributed by atoms with Gasteiger partial charge in [0, 0.05) is 41.0 Å². The van der Waals surface area contributed by atoms with E-state index in [1.165, 1.54) is 20.8 Å². The van der Waals surface area contributed by atoms with E-state index in [4.69, 9.17) is 44.8 Å². The fraction of sp³-hybridized carbons (Fsp3) is 0.733. The molecule has 1 N–H and O–H groups in total. The number of hydrogen-bond donors (Lipinski definition) is 1. The number of epoxide rings is 1. The van der Waals surface area contributed by atoms with Crippen molar-refractivity contribution in [2.75, 3.05) is 0 Å². The second kappa shape index (κ2) is 11.8. The standard InChI is InChI=1S/C30H39ClO14/c1-11-20(31)24-30(38,12(2)27(37)44-24)26(42-16(6)35)23-28(8,25(41-15(5)34)22-21(11)43-22)18(39-13(3)32)10-19(40-14(4)33)29(23,9)45-17(7)36/h12,18-26,38H,1,10H2,2-9H3. The summed E-state index contributed by atoms with van der Waals surface area (Å²) in [6.07, 6.45) is -9.64. The minimum atomic E-state index is -2.47. The zero-order valence-electron chi connectivity index (χ0n) is 26.3. The SMILES string of the molecule is C=C1C(Cl)C2OC(=O)C(C)C2(O)C(OC(C)=O)C2C(C)(OC(C)=O)C(OC(C)=O)CC(OC(C)=O)C2(C)C(OC(C)=O)C2OC12. The van der Waals surface area contributed by atoms with Gasteiger partial charge >= 0.3 is 35.8 Å². The van der Waals surface area contributed by atoms with Crippen LogP contribution in [0.15, 0.2) is 12.2 Å². The summed E-state index contributed by atoms with van der Waals surface area (Å²) in [6, 6.07) is 0. The van der Waals surface area contributed by atoms with Crippen LogP contribution in [0.5, 0.6) is 0 Å². The fourth-order valence-electron chi connectivity index (χ4n) is 7.67. The molecule has 0 aromatic rings. The van der Waals surface area contributed by atoms with E-state index < -0.39 is 112 Å². The first-order valence-electron chi connectivity index (χ1n) is 14.5. The lowest BCUT2D eigenvalue weighted by Crippen LogP contribution is -2.76. The van der Waals surface area contributed by atoms with Gasteiger partial charge in [-0.3, -0.25) is 28.8 Å². The summed E-state index contributed by atoms with van der Waals surface area (Å²) in [6.45, 7) is 13.8. The van der Waals surface area contributed by atoms with Gasteiger partial charge in [-0.2, -0.15) is 0 Å². The third kappa shape index (κ3) is 5.69. The molecule has 0 spiro atoms. The Balaban J connectivity index is 2.17. The van der Waals surface area contributed by atoms with Gasteiger partial charge in [-0.1, -0.05) is 13.5 Å². The van der Waals surface area contributed by atoms with Crippen molar-refractivity contribution in [1.82, 2.24) is 0 Å². The summed E-state index contributed by atoms with van der Waals surface area (Å²) < 4.78 is 40.8. The van der Waals surface area contributed by atoms with Crippen molar-refractivity contribution >= 4 is 47.4 Å². The summed E-state index contributed by atoms with van der Waals surface area (Å²) in [5, 5.41) is 11.4. The predicted octanol–water partition coefficient (Wildman–Crippen LogP) is 1.30. The number of rotatable bonds is 5. The van der Waals surface area contributed by atoms with Crippen LogP contribution < -0.4 is 0 Å². The number of halogens is 1. The molecule has 2 saturated carbocycles. The minimum Gasteiger partial charge on any atom is -0.462 e. The smallest absolute Gasteiger partial charge is 0.312 e. The molecule has 15 heteroatoms. The number of aliphatic hydroxyl groups is 1. The maximum atomic E-state index is 13.2. The lowest BCUT2D eigenvalue weighted by molar-refractivity contribution is -0.296. The molecular weight excluding hydrogens is 620 g/mol. The third-order valence-electron chi connectivity index (χ3n) is 9.54.